The molecule has 2 fully saturated rings. The van der Waals surface area contributed by atoms with Gasteiger partial charge in [-0.2, -0.15) is 0 Å². The third-order valence-corrected chi connectivity index (χ3v) is 15.7. The molecular formula is C19H38O5Si2. The molecule has 2 rings (SSSR count). The zero-order valence-electron chi connectivity index (χ0n) is 18.3. The van der Waals surface area contributed by atoms with Gasteiger partial charge in [-0.3, -0.25) is 4.79 Å². The molecule has 2 aliphatic rings. The Labute approximate surface area is 161 Å². The second-order valence-electron chi connectivity index (χ2n) is 10.8. The van der Waals surface area contributed by atoms with Crippen LogP contribution in [0.4, 0.5) is 0 Å². The molecule has 0 N–H and O–H groups in total. The lowest BCUT2D eigenvalue weighted by molar-refractivity contribution is -0.145. The van der Waals surface area contributed by atoms with Crippen molar-refractivity contribution in [2.75, 3.05) is 6.61 Å². The maximum atomic E-state index is 11.7. The van der Waals surface area contributed by atoms with E-state index in [9.17, 15) is 4.79 Å². The van der Waals surface area contributed by atoms with Gasteiger partial charge in [0.15, 0.2) is 22.7 Å². The van der Waals surface area contributed by atoms with Crippen molar-refractivity contribution in [1.82, 2.24) is 0 Å². The van der Waals surface area contributed by atoms with Crippen LogP contribution in [0.1, 0.15) is 48.0 Å². The Hall–Kier alpha value is -0.216. The van der Waals surface area contributed by atoms with E-state index >= 15 is 0 Å². The monoisotopic (exact) mass is 402 g/mol. The molecule has 152 valence electrons. The Bertz CT molecular complexity index is 533. The van der Waals surface area contributed by atoms with Crippen LogP contribution < -0.4 is 0 Å². The first-order valence-corrected chi connectivity index (χ1v) is 15.5. The van der Waals surface area contributed by atoms with E-state index in [1.54, 1.807) is 0 Å². The van der Waals surface area contributed by atoms with E-state index in [1.165, 1.54) is 0 Å². The molecule has 0 spiro atoms. The minimum Gasteiger partial charge on any atom is -0.457 e. The molecule has 0 radical (unpaired) electrons. The highest BCUT2D eigenvalue weighted by molar-refractivity contribution is 6.74. The van der Waals surface area contributed by atoms with E-state index in [2.05, 4.69) is 67.7 Å². The molecule has 2 aliphatic heterocycles. The highest BCUT2D eigenvalue weighted by Crippen LogP contribution is 2.43. The lowest BCUT2D eigenvalue weighted by Crippen LogP contribution is -2.51. The summed E-state index contributed by atoms with van der Waals surface area (Å²) < 4.78 is 24.8. The second-order valence-corrected chi connectivity index (χ2v) is 20.4. The van der Waals surface area contributed by atoms with Crippen LogP contribution in [0.3, 0.4) is 0 Å². The van der Waals surface area contributed by atoms with E-state index in [0.29, 0.717) is 13.0 Å². The molecule has 0 aliphatic carbocycles. The van der Waals surface area contributed by atoms with Crippen LogP contribution >= 0.6 is 0 Å². The summed E-state index contributed by atoms with van der Waals surface area (Å²) in [6.45, 7) is 22.8. The van der Waals surface area contributed by atoms with Crippen LogP contribution in [0.25, 0.3) is 0 Å². The van der Waals surface area contributed by atoms with Gasteiger partial charge >= 0.3 is 5.97 Å². The Morgan fingerprint density at radius 1 is 1.00 bits per heavy atom. The fourth-order valence-corrected chi connectivity index (χ4v) is 5.11. The van der Waals surface area contributed by atoms with Gasteiger partial charge in [-0.05, 0) is 36.3 Å². The van der Waals surface area contributed by atoms with Gasteiger partial charge in [0.25, 0.3) is 0 Å². The van der Waals surface area contributed by atoms with Crippen molar-refractivity contribution in [3.05, 3.63) is 0 Å². The van der Waals surface area contributed by atoms with Crippen molar-refractivity contribution < 1.29 is 23.1 Å². The maximum Gasteiger partial charge on any atom is 0.309 e. The number of carbonyl (C=O) groups excluding carboxylic acids is 1. The van der Waals surface area contributed by atoms with Crippen molar-refractivity contribution >= 4 is 22.6 Å². The third kappa shape index (κ3) is 4.43. The van der Waals surface area contributed by atoms with Crippen molar-refractivity contribution in [3.63, 3.8) is 0 Å². The predicted molar refractivity (Wildman–Crippen MR) is 108 cm³/mol. The molecule has 2 saturated heterocycles. The standard InChI is InChI=1S/C19H38O5Si2/c1-18(2,3)25(7,8)21-12-14-17(24-26(9,10)19(4,5)6)16-13(22-14)11-15(20)23-16/h13-14,16-17H,11-12H2,1-10H3/t13-,14+,16+,17-/m1/s1. The van der Waals surface area contributed by atoms with Crippen LogP contribution in [0.15, 0.2) is 0 Å². The van der Waals surface area contributed by atoms with E-state index in [1.807, 2.05) is 0 Å². The number of ether oxygens (including phenoxy) is 2. The number of esters is 1. The van der Waals surface area contributed by atoms with Crippen LogP contribution in [0.5, 0.6) is 0 Å². The summed E-state index contributed by atoms with van der Waals surface area (Å²) in [6, 6.07) is 0. The van der Waals surface area contributed by atoms with Gasteiger partial charge in [0, 0.05) is 0 Å². The largest absolute Gasteiger partial charge is 0.457 e. The number of hydrogen-bond donors (Lipinski definition) is 0. The van der Waals surface area contributed by atoms with Gasteiger partial charge < -0.3 is 18.3 Å². The topological polar surface area (TPSA) is 54.0 Å². The van der Waals surface area contributed by atoms with Crippen LogP contribution in [-0.2, 0) is 23.1 Å². The molecule has 26 heavy (non-hydrogen) atoms. The molecule has 0 amide bonds. The van der Waals surface area contributed by atoms with Gasteiger partial charge in [0.05, 0.1) is 13.0 Å². The van der Waals surface area contributed by atoms with E-state index in [0.717, 1.165) is 0 Å². The van der Waals surface area contributed by atoms with Gasteiger partial charge in [0.2, 0.25) is 0 Å². The van der Waals surface area contributed by atoms with Crippen LogP contribution in [-0.4, -0.2) is 53.6 Å². The molecule has 0 aromatic rings. The highest BCUT2D eigenvalue weighted by Gasteiger charge is 2.55. The van der Waals surface area contributed by atoms with Gasteiger partial charge in [-0.25, -0.2) is 0 Å². The fraction of sp³-hybridized carbons (Fsp3) is 0.947. The Morgan fingerprint density at radius 3 is 2.04 bits per heavy atom. The van der Waals surface area contributed by atoms with Crippen LogP contribution in [0.2, 0.25) is 36.3 Å². The molecule has 5 nitrogen and oxygen atoms in total. The summed E-state index contributed by atoms with van der Waals surface area (Å²) in [5.41, 5.74) is 0. The highest BCUT2D eigenvalue weighted by atomic mass is 28.4. The van der Waals surface area contributed by atoms with Gasteiger partial charge in [-0.1, -0.05) is 41.5 Å². The molecule has 2 heterocycles. The first kappa shape index (κ1) is 22.1. The molecule has 0 unspecified atom stereocenters. The average Bonchev–Trinajstić information content (AvgIpc) is 2.91. The molecule has 4 atom stereocenters. The Morgan fingerprint density at radius 2 is 1.54 bits per heavy atom. The number of rotatable bonds is 5. The number of carbonyl (C=O) groups is 1. The first-order chi connectivity index (χ1) is 11.6. The lowest BCUT2D eigenvalue weighted by Gasteiger charge is -2.41. The molecule has 0 bridgehead atoms. The van der Waals surface area contributed by atoms with Gasteiger partial charge in [-0.15, -0.1) is 0 Å². The molecule has 0 saturated carbocycles. The predicted octanol–water partition coefficient (Wildman–Crippen LogP) is 4.48. The molecular weight excluding hydrogens is 364 g/mol. The second kappa shape index (κ2) is 6.99. The summed E-state index contributed by atoms with van der Waals surface area (Å²) in [5.74, 6) is -0.187. The fourth-order valence-electron chi connectivity index (χ4n) is 2.77. The van der Waals surface area contributed by atoms with Crippen molar-refractivity contribution in [2.45, 2.75) is 109 Å². The molecule has 7 heteroatoms. The zero-order valence-corrected chi connectivity index (χ0v) is 20.3. The zero-order chi connectivity index (χ0) is 20.1. The molecule has 0 aromatic heterocycles. The van der Waals surface area contributed by atoms with Crippen molar-refractivity contribution in [1.29, 1.82) is 0 Å². The van der Waals surface area contributed by atoms with Gasteiger partial charge in [0.1, 0.15) is 18.3 Å². The summed E-state index contributed by atoms with van der Waals surface area (Å²) in [4.78, 5) is 11.7. The summed E-state index contributed by atoms with van der Waals surface area (Å²) in [5, 5.41) is 0.224. The summed E-state index contributed by atoms with van der Waals surface area (Å²) >= 11 is 0. The van der Waals surface area contributed by atoms with E-state index in [4.69, 9.17) is 18.3 Å². The average molecular weight is 403 g/mol. The number of fused-ring (bicyclic) bond motifs is 1. The Kier molecular flexibility index (Phi) is 5.94. The minimum atomic E-state index is -2.02. The Balaban J connectivity index is 2.15. The normalized spacial score (nSPS) is 30.5. The van der Waals surface area contributed by atoms with Crippen molar-refractivity contribution in [3.8, 4) is 0 Å². The maximum absolute atomic E-state index is 11.7. The quantitative estimate of drug-likeness (QED) is 0.501. The molecule has 0 aromatic carbocycles. The van der Waals surface area contributed by atoms with E-state index < -0.39 is 16.6 Å². The lowest BCUT2D eigenvalue weighted by atomic mass is 10.1. The van der Waals surface area contributed by atoms with Crippen molar-refractivity contribution in [2.24, 2.45) is 0 Å². The van der Waals surface area contributed by atoms with Crippen LogP contribution in [0, 0.1) is 0 Å². The SMILES string of the molecule is CC(C)(C)[Si](C)(C)OC[C@@H]1O[C@@H]2CC(=O)O[C@@H]2[C@@H]1O[Si](C)(C)C(C)(C)C. The third-order valence-electron chi connectivity index (χ3n) is 6.69. The summed E-state index contributed by atoms with van der Waals surface area (Å²) in [7, 11) is -3.90. The summed E-state index contributed by atoms with van der Waals surface area (Å²) in [6.07, 6.45) is -0.605. The first-order valence-electron chi connectivity index (χ1n) is 9.72. The minimum absolute atomic E-state index is 0.0819. The smallest absolute Gasteiger partial charge is 0.309 e. The van der Waals surface area contributed by atoms with E-state index in [-0.39, 0.29) is 40.5 Å². The number of hydrogen-bond acceptors (Lipinski definition) is 5.